The van der Waals surface area contributed by atoms with Crippen LogP contribution in [0.1, 0.15) is 50.9 Å². The van der Waals surface area contributed by atoms with Gasteiger partial charge in [0, 0.05) is 6.04 Å². The lowest BCUT2D eigenvalue weighted by atomic mass is 10.2. The summed E-state index contributed by atoms with van der Waals surface area (Å²) in [5.41, 5.74) is 1.38. The minimum absolute atomic E-state index is 0.0962. The van der Waals surface area contributed by atoms with Crippen LogP contribution in [0.25, 0.3) is 15.7 Å². The number of nitrogens with one attached hydrogen (secondary N) is 1. The number of rotatable bonds is 4. The standard InChI is InChI=1S/C18H22N4O2S/c1-3-13(17(23)19-12-6-4-5-7-12)22-18(24)15-10-16-14(8-9-25-16)21(15)11(2)20-22/h8-10,12-13H,3-7H2,1-2H3,(H,19,23). The maximum absolute atomic E-state index is 13.0. The van der Waals surface area contributed by atoms with Gasteiger partial charge in [-0.15, -0.1) is 11.3 Å². The Morgan fingerprint density at radius 1 is 1.40 bits per heavy atom. The van der Waals surface area contributed by atoms with Crippen LogP contribution < -0.4 is 10.9 Å². The van der Waals surface area contributed by atoms with Gasteiger partial charge in [0.05, 0.1) is 10.2 Å². The first-order valence-electron chi connectivity index (χ1n) is 8.88. The molecular formula is C18H22N4O2S. The van der Waals surface area contributed by atoms with Gasteiger partial charge in [-0.25, -0.2) is 4.68 Å². The number of carbonyl (C=O) groups excluding carboxylic acids is 1. The number of nitrogens with zero attached hydrogens (tertiary/aromatic N) is 3. The number of fused-ring (bicyclic) bond motifs is 3. The summed E-state index contributed by atoms with van der Waals surface area (Å²) < 4.78 is 4.31. The third-order valence-corrected chi connectivity index (χ3v) is 5.97. The summed E-state index contributed by atoms with van der Waals surface area (Å²) in [6, 6.07) is 3.57. The molecular weight excluding hydrogens is 336 g/mol. The van der Waals surface area contributed by atoms with Crippen LogP contribution in [0.2, 0.25) is 0 Å². The van der Waals surface area contributed by atoms with Crippen molar-refractivity contribution in [1.82, 2.24) is 19.5 Å². The lowest BCUT2D eigenvalue weighted by Crippen LogP contribution is -2.42. The van der Waals surface area contributed by atoms with Crippen LogP contribution in [0.15, 0.2) is 22.3 Å². The van der Waals surface area contributed by atoms with Crippen molar-refractivity contribution in [3.63, 3.8) is 0 Å². The van der Waals surface area contributed by atoms with E-state index in [1.54, 1.807) is 11.3 Å². The second-order valence-corrected chi connectivity index (χ2v) is 7.69. The molecule has 132 valence electrons. The van der Waals surface area contributed by atoms with Gasteiger partial charge in [-0.1, -0.05) is 19.8 Å². The summed E-state index contributed by atoms with van der Waals surface area (Å²) in [7, 11) is 0. The van der Waals surface area contributed by atoms with Gasteiger partial charge in [0.25, 0.3) is 5.56 Å². The molecule has 25 heavy (non-hydrogen) atoms. The Morgan fingerprint density at radius 2 is 2.16 bits per heavy atom. The summed E-state index contributed by atoms with van der Waals surface area (Å²) in [4.78, 5) is 25.7. The average Bonchev–Trinajstić information content (AvgIpc) is 3.29. The van der Waals surface area contributed by atoms with Crippen molar-refractivity contribution in [2.24, 2.45) is 0 Å². The van der Waals surface area contributed by atoms with Gasteiger partial charge in [-0.3, -0.25) is 14.0 Å². The fourth-order valence-electron chi connectivity index (χ4n) is 3.84. The van der Waals surface area contributed by atoms with E-state index < -0.39 is 6.04 Å². The molecule has 0 aromatic carbocycles. The van der Waals surface area contributed by atoms with Crippen molar-refractivity contribution < 1.29 is 4.79 Å². The van der Waals surface area contributed by atoms with Gasteiger partial charge >= 0.3 is 0 Å². The lowest BCUT2D eigenvalue weighted by Gasteiger charge is -2.20. The minimum atomic E-state index is -0.565. The summed E-state index contributed by atoms with van der Waals surface area (Å²) in [5, 5.41) is 9.59. The molecule has 0 saturated heterocycles. The molecule has 3 aromatic heterocycles. The van der Waals surface area contributed by atoms with E-state index in [0.717, 1.165) is 41.7 Å². The number of carbonyl (C=O) groups is 1. The molecule has 0 spiro atoms. The molecule has 1 atom stereocenters. The largest absolute Gasteiger partial charge is 0.352 e. The Balaban J connectivity index is 1.77. The van der Waals surface area contributed by atoms with Crippen LogP contribution in [-0.2, 0) is 4.79 Å². The molecule has 4 rings (SSSR count). The van der Waals surface area contributed by atoms with E-state index in [9.17, 15) is 9.59 Å². The second-order valence-electron chi connectivity index (χ2n) is 6.75. The summed E-state index contributed by atoms with van der Waals surface area (Å²) in [5.74, 6) is 0.622. The van der Waals surface area contributed by atoms with E-state index in [4.69, 9.17) is 0 Å². The Morgan fingerprint density at radius 3 is 2.88 bits per heavy atom. The molecule has 1 saturated carbocycles. The van der Waals surface area contributed by atoms with E-state index in [0.29, 0.717) is 11.9 Å². The van der Waals surface area contributed by atoms with Gasteiger partial charge in [0.1, 0.15) is 17.4 Å². The van der Waals surface area contributed by atoms with Crippen molar-refractivity contribution >= 4 is 33.0 Å². The van der Waals surface area contributed by atoms with Gasteiger partial charge < -0.3 is 5.32 Å². The fourth-order valence-corrected chi connectivity index (χ4v) is 4.65. The molecule has 1 fully saturated rings. The van der Waals surface area contributed by atoms with Crippen molar-refractivity contribution in [3.05, 3.63) is 33.7 Å². The lowest BCUT2D eigenvalue weighted by molar-refractivity contribution is -0.125. The smallest absolute Gasteiger partial charge is 0.291 e. The van der Waals surface area contributed by atoms with Gasteiger partial charge in [0.2, 0.25) is 5.91 Å². The van der Waals surface area contributed by atoms with E-state index >= 15 is 0 Å². The highest BCUT2D eigenvalue weighted by atomic mass is 32.1. The number of aryl methyl sites for hydroxylation is 1. The van der Waals surface area contributed by atoms with Crippen molar-refractivity contribution in [3.8, 4) is 0 Å². The first kappa shape index (κ1) is 16.3. The van der Waals surface area contributed by atoms with Gasteiger partial charge in [0.15, 0.2) is 0 Å². The first-order valence-corrected chi connectivity index (χ1v) is 9.76. The zero-order valence-electron chi connectivity index (χ0n) is 14.5. The fraction of sp³-hybridized carbons (Fsp3) is 0.500. The number of hydrogen-bond acceptors (Lipinski definition) is 4. The Labute approximate surface area is 149 Å². The molecule has 0 bridgehead atoms. The highest BCUT2D eigenvalue weighted by molar-refractivity contribution is 7.17. The number of hydrogen-bond donors (Lipinski definition) is 1. The maximum Gasteiger partial charge on any atom is 0.291 e. The molecule has 0 aliphatic heterocycles. The normalized spacial score (nSPS) is 16.7. The number of aromatic nitrogens is 3. The molecule has 1 amide bonds. The zero-order chi connectivity index (χ0) is 17.6. The highest BCUT2D eigenvalue weighted by Crippen LogP contribution is 2.25. The van der Waals surface area contributed by atoms with Crippen molar-refractivity contribution in [2.45, 2.75) is 58.0 Å². The topological polar surface area (TPSA) is 68.4 Å². The summed E-state index contributed by atoms with van der Waals surface area (Å²) in [6.45, 7) is 3.80. The Hall–Kier alpha value is -2.15. The van der Waals surface area contributed by atoms with Gasteiger partial charge in [-0.05, 0) is 43.7 Å². The van der Waals surface area contributed by atoms with Crippen LogP contribution >= 0.6 is 11.3 Å². The zero-order valence-corrected chi connectivity index (χ0v) is 15.3. The van der Waals surface area contributed by atoms with Crippen LogP contribution in [0.5, 0.6) is 0 Å². The van der Waals surface area contributed by atoms with E-state index in [1.807, 2.05) is 35.8 Å². The SMILES string of the molecule is CCC(C(=O)NC1CCCC1)n1nc(C)n2c(cc3sccc32)c1=O. The molecule has 7 heteroatoms. The van der Waals surface area contributed by atoms with Crippen molar-refractivity contribution in [2.75, 3.05) is 0 Å². The number of thiophene rings is 1. The molecule has 6 nitrogen and oxygen atoms in total. The molecule has 1 aliphatic carbocycles. The molecule has 1 aliphatic rings. The molecule has 3 heterocycles. The van der Waals surface area contributed by atoms with Crippen LogP contribution in [-0.4, -0.2) is 26.1 Å². The second kappa shape index (κ2) is 6.29. The molecule has 3 aromatic rings. The summed E-state index contributed by atoms with van der Waals surface area (Å²) in [6.07, 6.45) is 4.91. The Kier molecular flexibility index (Phi) is 4.11. The molecule has 0 radical (unpaired) electrons. The predicted octanol–water partition coefficient (Wildman–Crippen LogP) is 3.03. The molecule has 1 unspecified atom stereocenters. The van der Waals surface area contributed by atoms with Crippen molar-refractivity contribution in [1.29, 1.82) is 0 Å². The minimum Gasteiger partial charge on any atom is -0.352 e. The Bertz CT molecular complexity index is 994. The quantitative estimate of drug-likeness (QED) is 0.779. The summed E-state index contributed by atoms with van der Waals surface area (Å²) >= 11 is 1.60. The monoisotopic (exact) mass is 358 g/mol. The molecule has 1 N–H and O–H groups in total. The average molecular weight is 358 g/mol. The third kappa shape index (κ3) is 2.66. The van der Waals surface area contributed by atoms with Crippen LogP contribution in [0, 0.1) is 6.92 Å². The third-order valence-electron chi connectivity index (χ3n) is 5.11. The van der Waals surface area contributed by atoms with E-state index in [-0.39, 0.29) is 17.5 Å². The van der Waals surface area contributed by atoms with Crippen LogP contribution in [0.3, 0.4) is 0 Å². The first-order chi connectivity index (χ1) is 12.1. The number of amides is 1. The van der Waals surface area contributed by atoms with Crippen LogP contribution in [0.4, 0.5) is 0 Å². The van der Waals surface area contributed by atoms with E-state index in [1.165, 1.54) is 4.68 Å². The predicted molar refractivity (Wildman–Crippen MR) is 99.3 cm³/mol. The maximum atomic E-state index is 13.0. The van der Waals surface area contributed by atoms with Gasteiger partial charge in [-0.2, -0.15) is 5.10 Å². The highest BCUT2D eigenvalue weighted by Gasteiger charge is 2.26. The van der Waals surface area contributed by atoms with E-state index in [2.05, 4.69) is 10.4 Å².